The van der Waals surface area contributed by atoms with Gasteiger partial charge in [0.05, 0.1) is 14.2 Å². The molecule has 2 N–H and O–H groups in total. The summed E-state index contributed by atoms with van der Waals surface area (Å²) in [5.74, 6) is -2.18. The SMILES string of the molecule is COc1ccc(C2CC(=O)CC(c3ccccc3)C23C(=O)NC(=O)NC3=O)c(OC)c1. The van der Waals surface area contributed by atoms with Crippen LogP contribution in [0.1, 0.15) is 35.8 Å². The molecule has 2 aromatic rings. The zero-order valence-corrected chi connectivity index (χ0v) is 17.1. The molecule has 2 aromatic carbocycles. The molecule has 2 atom stereocenters. The van der Waals surface area contributed by atoms with Crippen LogP contribution >= 0.6 is 0 Å². The zero-order valence-electron chi connectivity index (χ0n) is 17.1. The van der Waals surface area contributed by atoms with E-state index in [4.69, 9.17) is 9.47 Å². The Labute approximate surface area is 178 Å². The first kappa shape index (κ1) is 20.6. The molecule has 4 amide bonds. The average molecular weight is 422 g/mol. The first-order valence-corrected chi connectivity index (χ1v) is 9.87. The molecule has 2 unspecified atom stereocenters. The van der Waals surface area contributed by atoms with Gasteiger partial charge in [-0.2, -0.15) is 0 Å². The van der Waals surface area contributed by atoms with Crippen LogP contribution in [0.4, 0.5) is 4.79 Å². The van der Waals surface area contributed by atoms with E-state index in [0.29, 0.717) is 22.6 Å². The van der Waals surface area contributed by atoms with Gasteiger partial charge in [0.25, 0.3) is 0 Å². The third-order valence-corrected chi connectivity index (χ3v) is 6.19. The Morgan fingerprint density at radius 3 is 2.10 bits per heavy atom. The number of carbonyl (C=O) groups is 4. The standard InChI is InChI=1S/C23H22N2O6/c1-30-15-8-9-16(19(12-15)31-2)18-11-14(26)10-17(13-6-4-3-5-7-13)23(18)20(27)24-22(29)25-21(23)28/h3-9,12,17-18H,10-11H2,1-2H3,(H2,24,25,27,28,29). The number of nitrogens with one attached hydrogen (secondary N) is 2. The van der Waals surface area contributed by atoms with Crippen LogP contribution in [0.5, 0.6) is 11.5 Å². The average Bonchev–Trinajstić information content (AvgIpc) is 2.77. The van der Waals surface area contributed by atoms with E-state index in [9.17, 15) is 19.2 Å². The normalized spacial score (nSPS) is 22.6. The zero-order chi connectivity index (χ0) is 22.2. The number of carbonyl (C=O) groups excluding carboxylic acids is 4. The van der Waals surface area contributed by atoms with Gasteiger partial charge in [-0.25, -0.2) is 4.79 Å². The van der Waals surface area contributed by atoms with E-state index in [1.54, 1.807) is 42.5 Å². The smallest absolute Gasteiger partial charge is 0.328 e. The molecule has 8 heteroatoms. The summed E-state index contributed by atoms with van der Waals surface area (Å²) in [5, 5.41) is 4.52. The van der Waals surface area contributed by atoms with Gasteiger partial charge in [0.1, 0.15) is 22.7 Å². The van der Waals surface area contributed by atoms with Crippen LogP contribution in [0.2, 0.25) is 0 Å². The lowest BCUT2D eigenvalue weighted by Gasteiger charge is -2.48. The molecule has 4 rings (SSSR count). The largest absolute Gasteiger partial charge is 0.497 e. The number of barbiturate groups is 1. The van der Waals surface area contributed by atoms with Crippen molar-refractivity contribution in [3.63, 3.8) is 0 Å². The molecule has 1 saturated heterocycles. The summed E-state index contributed by atoms with van der Waals surface area (Å²) in [4.78, 5) is 51.6. The van der Waals surface area contributed by atoms with Crippen molar-refractivity contribution < 1.29 is 28.7 Å². The van der Waals surface area contributed by atoms with Gasteiger partial charge in [-0.1, -0.05) is 36.4 Å². The van der Waals surface area contributed by atoms with Gasteiger partial charge < -0.3 is 9.47 Å². The predicted octanol–water partition coefficient (Wildman–Crippen LogP) is 2.29. The maximum absolute atomic E-state index is 13.4. The van der Waals surface area contributed by atoms with Crippen LogP contribution in [0, 0.1) is 5.41 Å². The Morgan fingerprint density at radius 2 is 1.48 bits per heavy atom. The van der Waals surface area contributed by atoms with Gasteiger partial charge in [-0.15, -0.1) is 0 Å². The van der Waals surface area contributed by atoms with Crippen molar-refractivity contribution in [3.05, 3.63) is 59.7 Å². The highest BCUT2D eigenvalue weighted by atomic mass is 16.5. The van der Waals surface area contributed by atoms with E-state index in [1.165, 1.54) is 14.2 Å². The summed E-state index contributed by atoms with van der Waals surface area (Å²) in [7, 11) is 2.98. The summed E-state index contributed by atoms with van der Waals surface area (Å²) >= 11 is 0. The van der Waals surface area contributed by atoms with Crippen molar-refractivity contribution in [2.24, 2.45) is 5.41 Å². The quantitative estimate of drug-likeness (QED) is 0.732. The van der Waals surface area contributed by atoms with Gasteiger partial charge in [-0.3, -0.25) is 25.0 Å². The summed E-state index contributed by atoms with van der Waals surface area (Å²) in [5.41, 5.74) is -0.505. The molecule has 31 heavy (non-hydrogen) atoms. The topological polar surface area (TPSA) is 111 Å². The lowest BCUT2D eigenvalue weighted by Crippen LogP contribution is -2.67. The van der Waals surface area contributed by atoms with E-state index in [1.807, 2.05) is 6.07 Å². The Kier molecular flexibility index (Phi) is 5.22. The van der Waals surface area contributed by atoms with Crippen molar-refractivity contribution in [2.75, 3.05) is 14.2 Å². The van der Waals surface area contributed by atoms with Crippen LogP contribution in [0.25, 0.3) is 0 Å². The van der Waals surface area contributed by atoms with Crippen molar-refractivity contribution in [3.8, 4) is 11.5 Å². The molecule has 1 heterocycles. The molecular weight excluding hydrogens is 400 g/mol. The fourth-order valence-electron chi connectivity index (χ4n) is 4.81. The van der Waals surface area contributed by atoms with Gasteiger partial charge in [-0.05, 0) is 17.2 Å². The van der Waals surface area contributed by atoms with E-state index in [2.05, 4.69) is 10.6 Å². The number of hydrogen-bond acceptors (Lipinski definition) is 6. The molecule has 8 nitrogen and oxygen atoms in total. The number of ether oxygens (including phenoxy) is 2. The first-order valence-electron chi connectivity index (χ1n) is 9.87. The number of imide groups is 2. The number of amides is 4. The molecule has 1 aliphatic heterocycles. The third kappa shape index (κ3) is 3.24. The lowest BCUT2D eigenvalue weighted by atomic mass is 9.54. The second-order valence-corrected chi connectivity index (χ2v) is 7.68. The third-order valence-electron chi connectivity index (χ3n) is 6.19. The fourth-order valence-corrected chi connectivity index (χ4v) is 4.81. The molecule has 1 aliphatic carbocycles. The Balaban J connectivity index is 1.97. The number of methoxy groups -OCH3 is 2. The summed E-state index contributed by atoms with van der Waals surface area (Å²) in [6.07, 6.45) is -0.0327. The maximum atomic E-state index is 13.4. The molecule has 1 spiro atoms. The van der Waals surface area contributed by atoms with Gasteiger partial charge in [0.2, 0.25) is 11.8 Å². The summed E-state index contributed by atoms with van der Waals surface area (Å²) in [6.45, 7) is 0. The molecule has 1 saturated carbocycles. The molecule has 2 fully saturated rings. The Hall–Kier alpha value is -3.68. The minimum Gasteiger partial charge on any atom is -0.497 e. The molecule has 0 radical (unpaired) electrons. The van der Waals surface area contributed by atoms with Crippen molar-refractivity contribution in [1.29, 1.82) is 0 Å². The van der Waals surface area contributed by atoms with Crippen LogP contribution in [-0.4, -0.2) is 37.8 Å². The number of ketones is 1. The second-order valence-electron chi connectivity index (χ2n) is 7.68. The van der Waals surface area contributed by atoms with E-state index < -0.39 is 35.1 Å². The van der Waals surface area contributed by atoms with E-state index >= 15 is 0 Å². The second kappa shape index (κ2) is 7.86. The Morgan fingerprint density at radius 1 is 0.839 bits per heavy atom. The number of benzene rings is 2. The van der Waals surface area contributed by atoms with Gasteiger partial charge in [0, 0.05) is 30.7 Å². The predicted molar refractivity (Wildman–Crippen MR) is 110 cm³/mol. The summed E-state index contributed by atoms with van der Waals surface area (Å²) in [6, 6.07) is 13.1. The number of hydrogen-bond donors (Lipinski definition) is 2. The highest BCUT2D eigenvalue weighted by Gasteiger charge is 2.63. The molecule has 0 bridgehead atoms. The highest BCUT2D eigenvalue weighted by molar-refractivity contribution is 6.21. The summed E-state index contributed by atoms with van der Waals surface area (Å²) < 4.78 is 10.8. The van der Waals surface area contributed by atoms with E-state index in [0.717, 1.165) is 0 Å². The monoisotopic (exact) mass is 422 g/mol. The molecule has 160 valence electrons. The van der Waals surface area contributed by atoms with Crippen molar-refractivity contribution in [2.45, 2.75) is 24.7 Å². The molecule has 2 aliphatic rings. The van der Waals surface area contributed by atoms with Gasteiger partial charge >= 0.3 is 6.03 Å². The minimum absolute atomic E-state index is 0.00795. The van der Waals surface area contributed by atoms with Crippen LogP contribution < -0.4 is 20.1 Å². The number of Topliss-reactive ketones (excluding diaryl/α,β-unsaturated/α-hetero) is 1. The van der Waals surface area contributed by atoms with E-state index in [-0.39, 0.29) is 18.6 Å². The van der Waals surface area contributed by atoms with Crippen molar-refractivity contribution >= 4 is 23.6 Å². The van der Waals surface area contributed by atoms with Crippen LogP contribution in [0.3, 0.4) is 0 Å². The number of rotatable bonds is 4. The first-order chi connectivity index (χ1) is 14.9. The maximum Gasteiger partial charge on any atom is 0.328 e. The van der Waals surface area contributed by atoms with Crippen LogP contribution in [-0.2, 0) is 14.4 Å². The fraction of sp³-hybridized carbons (Fsp3) is 0.304. The van der Waals surface area contributed by atoms with Crippen LogP contribution in [0.15, 0.2) is 48.5 Å². The molecule has 0 aromatic heterocycles. The van der Waals surface area contributed by atoms with Gasteiger partial charge in [0.15, 0.2) is 0 Å². The Bertz CT molecular complexity index is 1040. The number of urea groups is 1. The lowest BCUT2D eigenvalue weighted by molar-refractivity contribution is -0.151. The highest BCUT2D eigenvalue weighted by Crippen LogP contribution is 2.56. The van der Waals surface area contributed by atoms with Crippen molar-refractivity contribution in [1.82, 2.24) is 10.6 Å². The molecular formula is C23H22N2O6. The minimum atomic E-state index is -1.70.